The van der Waals surface area contributed by atoms with Crippen LogP contribution in [0.4, 0.5) is 0 Å². The minimum Gasteiger partial charge on any atom is -0.241 e. The molecule has 0 aliphatic heterocycles. The van der Waals surface area contributed by atoms with E-state index in [0.717, 1.165) is 10.6 Å². The van der Waals surface area contributed by atoms with Crippen molar-refractivity contribution < 1.29 is 4.58 Å². The van der Waals surface area contributed by atoms with E-state index in [1.165, 1.54) is 5.56 Å². The molecule has 1 rings (SSSR count). The van der Waals surface area contributed by atoms with Crippen LogP contribution in [0.25, 0.3) is 5.03 Å². The lowest BCUT2D eigenvalue weighted by molar-refractivity contribution is -0.458. The fourth-order valence-electron chi connectivity index (χ4n) is 1.44. The van der Waals surface area contributed by atoms with Crippen molar-refractivity contribution in [3.8, 4) is 0 Å². The minimum atomic E-state index is 0.185. The molecule has 2 heteroatoms. The number of rotatable bonds is 2. The van der Waals surface area contributed by atoms with Gasteiger partial charge in [-0.2, -0.15) is 0 Å². The Morgan fingerprint density at radius 1 is 1.12 bits per heavy atom. The molecule has 0 bridgehead atoms. The van der Waals surface area contributed by atoms with Crippen LogP contribution in [0, 0.1) is 0 Å². The van der Waals surface area contributed by atoms with E-state index in [1.807, 2.05) is 31.0 Å². The highest BCUT2D eigenvalue weighted by atomic mass is 35.5. The second kappa shape index (κ2) is 5.50. The molecular formula is C15H21ClN+. The monoisotopic (exact) mass is 250 g/mol. The minimum absolute atomic E-state index is 0.185. The van der Waals surface area contributed by atoms with Gasteiger partial charge >= 0.3 is 0 Å². The van der Waals surface area contributed by atoms with Crippen molar-refractivity contribution in [2.45, 2.75) is 26.2 Å². The molecule has 0 atom stereocenters. The van der Waals surface area contributed by atoms with E-state index < -0.39 is 0 Å². The number of halogens is 1. The Morgan fingerprint density at radius 3 is 2.06 bits per heavy atom. The van der Waals surface area contributed by atoms with Gasteiger partial charge in [0.1, 0.15) is 14.1 Å². The molecule has 0 aliphatic rings. The van der Waals surface area contributed by atoms with Crippen LogP contribution < -0.4 is 0 Å². The third-order valence-corrected chi connectivity index (χ3v) is 2.89. The van der Waals surface area contributed by atoms with Gasteiger partial charge in [0.2, 0.25) is 0 Å². The summed E-state index contributed by atoms with van der Waals surface area (Å²) in [6, 6.07) is 8.42. The van der Waals surface area contributed by atoms with Crippen molar-refractivity contribution >= 4 is 22.8 Å². The van der Waals surface area contributed by atoms with E-state index in [9.17, 15) is 0 Å². The first-order valence-electron chi connectivity index (χ1n) is 5.78. The highest BCUT2D eigenvalue weighted by molar-refractivity contribution is 6.49. The van der Waals surface area contributed by atoms with Gasteiger partial charge in [0.05, 0.1) is 5.03 Å². The molecule has 0 amide bonds. The summed E-state index contributed by atoms with van der Waals surface area (Å²) in [7, 11) is 3.95. The van der Waals surface area contributed by atoms with Gasteiger partial charge in [-0.1, -0.05) is 56.6 Å². The molecular weight excluding hydrogens is 230 g/mol. The van der Waals surface area contributed by atoms with E-state index >= 15 is 0 Å². The molecule has 0 radical (unpaired) electrons. The molecule has 1 aromatic rings. The Labute approximate surface area is 109 Å². The van der Waals surface area contributed by atoms with Crippen molar-refractivity contribution in [1.82, 2.24) is 0 Å². The molecule has 0 spiro atoms. The largest absolute Gasteiger partial charge is 0.241 e. The maximum Gasteiger partial charge on any atom is 0.164 e. The SMILES string of the molecule is C[N+](C)=C/C=C(\Cl)c1ccc(C(C)(C)C)cc1. The number of benzene rings is 1. The Kier molecular flexibility index (Phi) is 4.53. The van der Waals surface area contributed by atoms with E-state index in [2.05, 4.69) is 45.0 Å². The van der Waals surface area contributed by atoms with Crippen molar-refractivity contribution in [3.63, 3.8) is 0 Å². The van der Waals surface area contributed by atoms with E-state index in [-0.39, 0.29) is 5.41 Å². The number of hydrogen-bond acceptors (Lipinski definition) is 0. The summed E-state index contributed by atoms with van der Waals surface area (Å²) in [4.78, 5) is 0. The van der Waals surface area contributed by atoms with Gasteiger partial charge in [0.25, 0.3) is 0 Å². The zero-order valence-corrected chi connectivity index (χ0v) is 12.0. The summed E-state index contributed by atoms with van der Waals surface area (Å²) in [6.07, 6.45) is 3.85. The fraction of sp³-hybridized carbons (Fsp3) is 0.400. The van der Waals surface area contributed by atoms with Gasteiger partial charge in [-0.3, -0.25) is 0 Å². The lowest BCUT2D eigenvalue weighted by Crippen LogP contribution is -2.10. The molecule has 0 saturated carbocycles. The average molecular weight is 251 g/mol. The topological polar surface area (TPSA) is 3.01 Å². The van der Waals surface area contributed by atoms with Gasteiger partial charge in [-0.15, -0.1) is 0 Å². The third-order valence-electron chi connectivity index (χ3n) is 2.55. The van der Waals surface area contributed by atoms with Crippen molar-refractivity contribution in [2.75, 3.05) is 14.1 Å². The second-order valence-electron chi connectivity index (χ2n) is 5.45. The number of nitrogens with zero attached hydrogens (tertiary/aromatic N) is 1. The van der Waals surface area contributed by atoms with Crippen LogP contribution in [0.15, 0.2) is 30.3 Å². The predicted molar refractivity (Wildman–Crippen MR) is 77.1 cm³/mol. The molecule has 0 aromatic heterocycles. The quantitative estimate of drug-likeness (QED) is 0.553. The van der Waals surface area contributed by atoms with E-state index in [1.54, 1.807) is 0 Å². The van der Waals surface area contributed by atoms with Crippen LogP contribution >= 0.6 is 11.6 Å². The molecule has 1 aromatic carbocycles. The Hall–Kier alpha value is -1.08. The predicted octanol–water partition coefficient (Wildman–Crippen LogP) is 3.91. The van der Waals surface area contributed by atoms with Crippen LogP contribution in [-0.2, 0) is 5.41 Å². The third kappa shape index (κ3) is 4.35. The standard InChI is InChI=1S/C15H21ClN/c1-15(2,3)13-8-6-12(7-9-13)14(16)10-11-17(4)5/h6-11H,1-5H3/q+1/b14-10-. The van der Waals surface area contributed by atoms with Crippen LogP contribution in [-0.4, -0.2) is 24.9 Å². The maximum absolute atomic E-state index is 6.22. The highest BCUT2D eigenvalue weighted by Gasteiger charge is 2.13. The van der Waals surface area contributed by atoms with Crippen molar-refractivity contribution in [3.05, 3.63) is 41.5 Å². The first kappa shape index (κ1) is 14.0. The highest BCUT2D eigenvalue weighted by Crippen LogP contribution is 2.25. The maximum atomic E-state index is 6.22. The molecule has 0 unspecified atom stereocenters. The second-order valence-corrected chi connectivity index (χ2v) is 5.86. The van der Waals surface area contributed by atoms with Gasteiger partial charge in [-0.05, 0) is 16.5 Å². The molecule has 1 nitrogen and oxygen atoms in total. The molecule has 0 saturated heterocycles. The van der Waals surface area contributed by atoms with Crippen molar-refractivity contribution in [2.24, 2.45) is 0 Å². The van der Waals surface area contributed by atoms with Crippen LogP contribution in [0.3, 0.4) is 0 Å². The van der Waals surface area contributed by atoms with Gasteiger partial charge < -0.3 is 0 Å². The lowest BCUT2D eigenvalue weighted by atomic mass is 9.87. The summed E-state index contributed by atoms with van der Waals surface area (Å²) < 4.78 is 1.96. The molecule has 0 fully saturated rings. The summed E-state index contributed by atoms with van der Waals surface area (Å²) >= 11 is 6.22. The van der Waals surface area contributed by atoms with Crippen LogP contribution in [0.1, 0.15) is 31.9 Å². The normalized spacial score (nSPS) is 12.5. The molecule has 0 heterocycles. The van der Waals surface area contributed by atoms with Gasteiger partial charge in [-0.25, -0.2) is 4.58 Å². The average Bonchev–Trinajstić information content (AvgIpc) is 2.25. The molecule has 0 aliphatic carbocycles. The Balaban J connectivity index is 2.96. The van der Waals surface area contributed by atoms with E-state index in [0.29, 0.717) is 0 Å². The molecule has 17 heavy (non-hydrogen) atoms. The van der Waals surface area contributed by atoms with E-state index in [4.69, 9.17) is 11.6 Å². The summed E-state index contributed by atoms with van der Waals surface area (Å²) in [5.41, 5.74) is 2.56. The van der Waals surface area contributed by atoms with Crippen molar-refractivity contribution in [1.29, 1.82) is 0 Å². The number of hydrogen-bond donors (Lipinski definition) is 0. The summed E-state index contributed by atoms with van der Waals surface area (Å²) in [6.45, 7) is 6.62. The molecule has 0 N–H and O–H groups in total. The van der Waals surface area contributed by atoms with Crippen LogP contribution in [0.2, 0.25) is 0 Å². The van der Waals surface area contributed by atoms with Gasteiger partial charge in [0, 0.05) is 6.08 Å². The van der Waals surface area contributed by atoms with Crippen LogP contribution in [0.5, 0.6) is 0 Å². The molecule has 92 valence electrons. The first-order chi connectivity index (χ1) is 7.80. The zero-order chi connectivity index (χ0) is 13.1. The lowest BCUT2D eigenvalue weighted by Gasteiger charge is -2.19. The smallest absolute Gasteiger partial charge is 0.164 e. The summed E-state index contributed by atoms with van der Waals surface area (Å²) in [5, 5.41) is 0.763. The van der Waals surface area contributed by atoms with Gasteiger partial charge in [0.15, 0.2) is 6.21 Å². The summed E-state index contributed by atoms with van der Waals surface area (Å²) in [5.74, 6) is 0. The number of allylic oxidation sites excluding steroid dienone is 1. The Morgan fingerprint density at radius 2 is 1.65 bits per heavy atom. The first-order valence-corrected chi connectivity index (χ1v) is 6.16. The zero-order valence-electron chi connectivity index (χ0n) is 11.3. The Bertz CT molecular complexity index is 429. The fourth-order valence-corrected chi connectivity index (χ4v) is 1.62.